The lowest BCUT2D eigenvalue weighted by Crippen LogP contribution is -2.35. The quantitative estimate of drug-likeness (QED) is 0.816. The Hall–Kier alpha value is -2.37. The highest BCUT2D eigenvalue weighted by Crippen LogP contribution is 2.48. The average Bonchev–Trinajstić information content (AvgIpc) is 3.35. The number of hydrogen-bond acceptors (Lipinski definition) is 3. The van der Waals surface area contributed by atoms with Crippen molar-refractivity contribution in [3.63, 3.8) is 0 Å². The zero-order valence-electron chi connectivity index (χ0n) is 16.0. The maximum atomic E-state index is 12.8. The summed E-state index contributed by atoms with van der Waals surface area (Å²) in [5.74, 6) is -0.812. The van der Waals surface area contributed by atoms with E-state index in [9.17, 15) is 9.59 Å². The Balaban J connectivity index is 1.57. The van der Waals surface area contributed by atoms with Gasteiger partial charge in [-0.3, -0.25) is 9.59 Å². The summed E-state index contributed by atoms with van der Waals surface area (Å²) >= 11 is 6.03. The molecule has 0 saturated heterocycles. The summed E-state index contributed by atoms with van der Waals surface area (Å²) < 4.78 is 0. The molecule has 0 spiro atoms. The Labute approximate surface area is 170 Å². The van der Waals surface area contributed by atoms with Gasteiger partial charge in [0.25, 0.3) is 5.91 Å². The van der Waals surface area contributed by atoms with E-state index in [2.05, 4.69) is 37.2 Å². The van der Waals surface area contributed by atoms with Crippen molar-refractivity contribution in [2.45, 2.75) is 30.8 Å². The highest BCUT2D eigenvalue weighted by molar-refractivity contribution is 6.30. The lowest BCUT2D eigenvalue weighted by Gasteiger charge is -2.24. The molecule has 1 heterocycles. The fourth-order valence-corrected chi connectivity index (χ4v) is 4.41. The van der Waals surface area contributed by atoms with Gasteiger partial charge in [-0.2, -0.15) is 0 Å². The number of carbonyl (C=O) groups is 2. The fourth-order valence-electron chi connectivity index (χ4n) is 4.24. The van der Waals surface area contributed by atoms with Gasteiger partial charge >= 0.3 is 0 Å². The van der Waals surface area contributed by atoms with Gasteiger partial charge in [0.05, 0.1) is 5.56 Å². The first kappa shape index (κ1) is 19.0. The van der Waals surface area contributed by atoms with E-state index in [0.29, 0.717) is 22.7 Å². The van der Waals surface area contributed by atoms with E-state index < -0.39 is 11.9 Å². The lowest BCUT2D eigenvalue weighted by molar-refractivity contribution is -0.122. The van der Waals surface area contributed by atoms with Crippen LogP contribution in [0.3, 0.4) is 0 Å². The van der Waals surface area contributed by atoms with Crippen LogP contribution in [0.4, 0.5) is 0 Å². The van der Waals surface area contributed by atoms with Gasteiger partial charge in [-0.05, 0) is 61.8 Å². The third-order valence-corrected chi connectivity index (χ3v) is 5.90. The Morgan fingerprint density at radius 2 is 2.00 bits per heavy atom. The molecular formula is C22H23ClN3O2. The zero-order valence-corrected chi connectivity index (χ0v) is 16.8. The van der Waals surface area contributed by atoms with Crippen molar-refractivity contribution in [3.8, 4) is 0 Å². The van der Waals surface area contributed by atoms with E-state index >= 15 is 0 Å². The zero-order chi connectivity index (χ0) is 20.1. The number of hydrogen-bond donors (Lipinski definition) is 1. The first-order chi connectivity index (χ1) is 13.3. The topological polar surface area (TPSA) is 66.6 Å². The standard InChI is InChI=1S/C22H23ClN3O2/c1-25(2)13-22(9-10-22)15-5-3-14(4-6-15)12-26-19(20(24)27)18-11-16(23)7-8-17(18)21(26)28/h3-7,11,19H,9-10,12-13H2,1-2H3,(H2,24,27). The summed E-state index contributed by atoms with van der Waals surface area (Å²) in [7, 11) is 4.19. The summed E-state index contributed by atoms with van der Waals surface area (Å²) in [5.41, 5.74) is 9.05. The Kier molecular flexibility index (Phi) is 4.68. The average molecular weight is 397 g/mol. The molecule has 145 valence electrons. The molecule has 0 bridgehead atoms. The van der Waals surface area contributed by atoms with Crippen LogP contribution in [-0.4, -0.2) is 42.3 Å². The Morgan fingerprint density at radius 3 is 2.57 bits per heavy atom. The normalized spacial score (nSPS) is 19.8. The predicted molar refractivity (Wildman–Crippen MR) is 108 cm³/mol. The summed E-state index contributed by atoms with van der Waals surface area (Å²) in [6.07, 6.45) is 2.40. The second-order valence-corrected chi connectivity index (χ2v) is 8.54. The number of amides is 2. The van der Waals surface area contributed by atoms with Crippen LogP contribution < -0.4 is 5.73 Å². The fraction of sp³-hybridized carbons (Fsp3) is 0.364. The van der Waals surface area contributed by atoms with Crippen LogP contribution in [0.25, 0.3) is 0 Å². The number of halogens is 1. The molecule has 4 rings (SSSR count). The van der Waals surface area contributed by atoms with Gasteiger partial charge in [0.15, 0.2) is 0 Å². The molecule has 1 saturated carbocycles. The molecule has 1 aliphatic carbocycles. The third kappa shape index (κ3) is 3.29. The smallest absolute Gasteiger partial charge is 0.256 e. The second kappa shape index (κ2) is 6.90. The number of nitrogens with zero attached hydrogens (tertiary/aromatic N) is 2. The summed E-state index contributed by atoms with van der Waals surface area (Å²) in [6.45, 7) is 1.35. The van der Waals surface area contributed by atoms with Crippen LogP contribution in [0.2, 0.25) is 5.02 Å². The van der Waals surface area contributed by atoms with Crippen molar-refractivity contribution in [2.24, 2.45) is 5.73 Å². The molecular weight excluding hydrogens is 374 g/mol. The summed E-state index contributed by atoms with van der Waals surface area (Å²) in [4.78, 5) is 28.6. The molecule has 1 atom stereocenters. The van der Waals surface area contributed by atoms with Gasteiger partial charge in [-0.1, -0.05) is 35.9 Å². The van der Waals surface area contributed by atoms with E-state index in [1.807, 2.05) is 12.1 Å². The van der Waals surface area contributed by atoms with Gasteiger partial charge in [-0.15, -0.1) is 0 Å². The van der Waals surface area contributed by atoms with Crippen LogP contribution in [0.15, 0.2) is 36.4 Å². The molecule has 5 nitrogen and oxygen atoms in total. The molecule has 6 heteroatoms. The van der Waals surface area contributed by atoms with Crippen molar-refractivity contribution in [1.29, 1.82) is 0 Å². The maximum Gasteiger partial charge on any atom is 0.256 e. The van der Waals surface area contributed by atoms with Crippen LogP contribution in [0.1, 0.15) is 45.9 Å². The molecule has 1 aliphatic heterocycles. The van der Waals surface area contributed by atoms with Gasteiger partial charge in [0.1, 0.15) is 6.04 Å². The maximum absolute atomic E-state index is 12.8. The number of nitrogens with two attached hydrogens (primary N) is 1. The number of benzene rings is 2. The van der Waals surface area contributed by atoms with E-state index in [1.54, 1.807) is 6.07 Å². The van der Waals surface area contributed by atoms with Crippen LogP contribution in [0.5, 0.6) is 0 Å². The molecule has 28 heavy (non-hydrogen) atoms. The molecule has 1 unspecified atom stereocenters. The van der Waals surface area contributed by atoms with E-state index in [1.165, 1.54) is 29.4 Å². The first-order valence-electron chi connectivity index (χ1n) is 9.36. The minimum atomic E-state index is -0.819. The first-order valence-corrected chi connectivity index (χ1v) is 9.74. The number of rotatable bonds is 6. The highest BCUT2D eigenvalue weighted by Gasteiger charge is 2.44. The summed E-state index contributed by atoms with van der Waals surface area (Å²) in [6, 6.07) is 13.6. The largest absolute Gasteiger partial charge is 0.368 e. The van der Waals surface area contributed by atoms with Crippen molar-refractivity contribution >= 4 is 23.4 Å². The van der Waals surface area contributed by atoms with Gasteiger partial charge < -0.3 is 15.5 Å². The predicted octanol–water partition coefficient (Wildman–Crippen LogP) is 2.92. The van der Waals surface area contributed by atoms with Crippen molar-refractivity contribution in [1.82, 2.24) is 9.80 Å². The van der Waals surface area contributed by atoms with E-state index in [0.717, 1.165) is 12.1 Å². The minimum absolute atomic E-state index is 0.245. The molecule has 1 fully saturated rings. The number of primary amides is 1. The SMILES string of the molecule is CN(C)CC1(c2ccc(CN3C(=O)c4[c]cc(Cl)cc4C3C(N)=O)cc2)CC1. The molecule has 2 aromatic carbocycles. The number of likely N-dealkylation sites (N-methyl/N-ethyl adjacent to an activating group) is 1. The lowest BCUT2D eigenvalue weighted by atomic mass is 9.94. The van der Waals surface area contributed by atoms with Crippen molar-refractivity contribution in [3.05, 3.63) is 69.7 Å². The second-order valence-electron chi connectivity index (χ2n) is 8.10. The van der Waals surface area contributed by atoms with Crippen LogP contribution in [-0.2, 0) is 16.8 Å². The van der Waals surface area contributed by atoms with Gasteiger partial charge in [0, 0.05) is 23.5 Å². The monoisotopic (exact) mass is 396 g/mol. The molecule has 0 aromatic heterocycles. The molecule has 2 aliphatic rings. The Morgan fingerprint density at radius 1 is 1.32 bits per heavy atom. The molecule has 1 radical (unpaired) electrons. The van der Waals surface area contributed by atoms with E-state index in [-0.39, 0.29) is 11.3 Å². The van der Waals surface area contributed by atoms with Crippen molar-refractivity contribution < 1.29 is 9.59 Å². The van der Waals surface area contributed by atoms with Crippen LogP contribution in [0, 0.1) is 6.07 Å². The molecule has 2 N–H and O–H groups in total. The highest BCUT2D eigenvalue weighted by atomic mass is 35.5. The number of carbonyl (C=O) groups excluding carboxylic acids is 2. The van der Waals surface area contributed by atoms with Gasteiger partial charge in [-0.25, -0.2) is 0 Å². The van der Waals surface area contributed by atoms with E-state index in [4.69, 9.17) is 17.3 Å². The van der Waals surface area contributed by atoms with Crippen LogP contribution >= 0.6 is 11.6 Å². The minimum Gasteiger partial charge on any atom is -0.368 e. The third-order valence-electron chi connectivity index (χ3n) is 5.68. The van der Waals surface area contributed by atoms with Crippen molar-refractivity contribution in [2.75, 3.05) is 20.6 Å². The molecule has 2 aromatic rings. The number of fused-ring (bicyclic) bond motifs is 1. The summed E-state index contributed by atoms with van der Waals surface area (Å²) in [5, 5.41) is 0.430. The Bertz CT molecular complexity index is 935. The van der Waals surface area contributed by atoms with Gasteiger partial charge in [0.2, 0.25) is 5.91 Å². The molecule has 2 amide bonds.